The fourth-order valence-corrected chi connectivity index (χ4v) is 3.55. The molecule has 1 aliphatic heterocycles. The van der Waals surface area contributed by atoms with Crippen LogP contribution in [0.4, 0.5) is 20.2 Å². The lowest BCUT2D eigenvalue weighted by molar-refractivity contribution is -0.120. The molecule has 30 heavy (non-hydrogen) atoms. The number of hydrogen-bond donors (Lipinski definition) is 1. The average Bonchev–Trinajstić information content (AvgIpc) is 2.93. The van der Waals surface area contributed by atoms with Gasteiger partial charge in [0, 0.05) is 5.69 Å². The Hall–Kier alpha value is -3.80. The van der Waals surface area contributed by atoms with Gasteiger partial charge in [-0.15, -0.1) is 0 Å². The Balaban J connectivity index is 1.89. The van der Waals surface area contributed by atoms with Crippen LogP contribution in [0.1, 0.15) is 16.7 Å². The minimum atomic E-state index is -0.704. The Labute approximate surface area is 172 Å². The van der Waals surface area contributed by atoms with Crippen molar-refractivity contribution in [3.05, 3.63) is 101 Å². The molecule has 0 saturated heterocycles. The highest BCUT2D eigenvalue weighted by atomic mass is 19.1. The molecule has 0 aliphatic carbocycles. The smallest absolute Gasteiger partial charge is 0.282 e. The molecule has 1 N–H and O–H groups in total. The summed E-state index contributed by atoms with van der Waals surface area (Å²) in [7, 11) is 0. The maximum absolute atomic E-state index is 14.4. The van der Waals surface area contributed by atoms with E-state index in [1.807, 2.05) is 26.0 Å². The van der Waals surface area contributed by atoms with Gasteiger partial charge in [-0.25, -0.2) is 13.7 Å². The summed E-state index contributed by atoms with van der Waals surface area (Å²) in [5.41, 5.74) is 2.61. The molecule has 0 unspecified atom stereocenters. The maximum Gasteiger partial charge on any atom is 0.282 e. The summed E-state index contributed by atoms with van der Waals surface area (Å²) < 4.78 is 28.1. The summed E-state index contributed by atoms with van der Waals surface area (Å²) >= 11 is 0. The molecule has 0 saturated carbocycles. The molecular formula is C24H18F2N2O2. The van der Waals surface area contributed by atoms with Crippen molar-refractivity contribution < 1.29 is 18.4 Å². The summed E-state index contributed by atoms with van der Waals surface area (Å²) in [6.07, 6.45) is 0. The SMILES string of the molecule is Cc1ccc(C2=C(Nc3cccc(F)c3)C(=O)N(c3ccccc3F)C2=O)c(C)c1. The minimum absolute atomic E-state index is 0.0270. The fraction of sp³-hybridized carbons (Fsp3) is 0.0833. The number of rotatable bonds is 4. The molecule has 4 nitrogen and oxygen atoms in total. The van der Waals surface area contributed by atoms with E-state index in [4.69, 9.17) is 0 Å². The van der Waals surface area contributed by atoms with E-state index < -0.39 is 23.4 Å². The molecule has 150 valence electrons. The van der Waals surface area contributed by atoms with Crippen LogP contribution in [0.2, 0.25) is 0 Å². The van der Waals surface area contributed by atoms with E-state index in [2.05, 4.69) is 5.32 Å². The summed E-state index contributed by atoms with van der Waals surface area (Å²) in [6.45, 7) is 3.75. The normalized spacial score (nSPS) is 13.9. The van der Waals surface area contributed by atoms with Gasteiger partial charge in [0.25, 0.3) is 11.8 Å². The summed E-state index contributed by atoms with van der Waals surface area (Å²) in [5, 5.41) is 2.88. The molecule has 0 radical (unpaired) electrons. The highest BCUT2D eigenvalue weighted by Crippen LogP contribution is 2.36. The second-order valence-electron chi connectivity index (χ2n) is 7.10. The molecule has 0 spiro atoms. The molecule has 1 aliphatic rings. The van der Waals surface area contributed by atoms with Gasteiger partial charge < -0.3 is 5.32 Å². The van der Waals surface area contributed by atoms with Crippen molar-refractivity contribution in [1.29, 1.82) is 0 Å². The molecule has 6 heteroatoms. The Morgan fingerprint density at radius 3 is 2.30 bits per heavy atom. The number of para-hydroxylation sites is 1. The van der Waals surface area contributed by atoms with E-state index in [0.717, 1.165) is 16.0 Å². The van der Waals surface area contributed by atoms with E-state index in [-0.39, 0.29) is 17.0 Å². The number of nitrogens with one attached hydrogen (secondary N) is 1. The van der Waals surface area contributed by atoms with Crippen LogP contribution in [0, 0.1) is 25.5 Å². The summed E-state index contributed by atoms with van der Waals surface area (Å²) in [5.74, 6) is -2.53. The lowest BCUT2D eigenvalue weighted by Crippen LogP contribution is -2.33. The quantitative estimate of drug-likeness (QED) is 0.624. The molecule has 0 atom stereocenters. The van der Waals surface area contributed by atoms with Gasteiger partial charge in [-0.2, -0.15) is 0 Å². The van der Waals surface area contributed by atoms with E-state index in [1.165, 1.54) is 36.4 Å². The maximum atomic E-state index is 14.4. The lowest BCUT2D eigenvalue weighted by atomic mass is 9.97. The number of carbonyl (C=O) groups excluding carboxylic acids is 2. The van der Waals surface area contributed by atoms with Crippen molar-refractivity contribution in [1.82, 2.24) is 0 Å². The van der Waals surface area contributed by atoms with Gasteiger partial charge in [-0.05, 0) is 55.3 Å². The number of nitrogens with zero attached hydrogens (tertiary/aromatic N) is 1. The van der Waals surface area contributed by atoms with Crippen LogP contribution in [-0.2, 0) is 9.59 Å². The Kier molecular flexibility index (Phi) is 4.91. The highest BCUT2D eigenvalue weighted by molar-refractivity contribution is 6.46. The van der Waals surface area contributed by atoms with Gasteiger partial charge in [0.2, 0.25) is 0 Å². The predicted molar refractivity (Wildman–Crippen MR) is 112 cm³/mol. The van der Waals surface area contributed by atoms with Crippen LogP contribution in [0.15, 0.2) is 72.4 Å². The lowest BCUT2D eigenvalue weighted by Gasteiger charge is -2.16. The van der Waals surface area contributed by atoms with Crippen molar-refractivity contribution >= 4 is 28.8 Å². The largest absolute Gasteiger partial charge is 0.350 e. The first-order valence-corrected chi connectivity index (χ1v) is 9.34. The molecule has 2 amide bonds. The molecule has 0 bridgehead atoms. The predicted octanol–water partition coefficient (Wildman–Crippen LogP) is 4.98. The van der Waals surface area contributed by atoms with E-state index in [9.17, 15) is 18.4 Å². The first-order valence-electron chi connectivity index (χ1n) is 9.34. The van der Waals surface area contributed by atoms with Crippen LogP contribution in [0.3, 0.4) is 0 Å². The van der Waals surface area contributed by atoms with Crippen molar-refractivity contribution in [2.24, 2.45) is 0 Å². The minimum Gasteiger partial charge on any atom is -0.350 e. The number of benzene rings is 3. The highest BCUT2D eigenvalue weighted by Gasteiger charge is 2.41. The van der Waals surface area contributed by atoms with Gasteiger partial charge in [-0.3, -0.25) is 9.59 Å². The first kappa shape index (κ1) is 19.5. The van der Waals surface area contributed by atoms with Gasteiger partial charge in [0.05, 0.1) is 11.3 Å². The molecular weight excluding hydrogens is 386 g/mol. The number of carbonyl (C=O) groups is 2. The van der Waals surface area contributed by atoms with Crippen molar-refractivity contribution in [3.8, 4) is 0 Å². The van der Waals surface area contributed by atoms with E-state index >= 15 is 0 Å². The zero-order valence-electron chi connectivity index (χ0n) is 16.4. The van der Waals surface area contributed by atoms with Crippen molar-refractivity contribution in [2.75, 3.05) is 10.2 Å². The van der Waals surface area contributed by atoms with Crippen LogP contribution in [-0.4, -0.2) is 11.8 Å². The summed E-state index contributed by atoms with van der Waals surface area (Å²) in [4.78, 5) is 27.4. The zero-order chi connectivity index (χ0) is 21.4. The molecule has 1 heterocycles. The average molecular weight is 404 g/mol. The Morgan fingerprint density at radius 1 is 0.833 bits per heavy atom. The number of anilines is 2. The van der Waals surface area contributed by atoms with Crippen LogP contribution < -0.4 is 10.2 Å². The van der Waals surface area contributed by atoms with E-state index in [1.54, 1.807) is 18.2 Å². The number of imide groups is 1. The second kappa shape index (κ2) is 7.55. The van der Waals surface area contributed by atoms with Crippen molar-refractivity contribution in [2.45, 2.75) is 13.8 Å². The van der Waals surface area contributed by atoms with Crippen LogP contribution >= 0.6 is 0 Å². The van der Waals surface area contributed by atoms with Crippen LogP contribution in [0.25, 0.3) is 5.57 Å². The van der Waals surface area contributed by atoms with Gasteiger partial charge >= 0.3 is 0 Å². The number of halogens is 2. The standard InChI is InChI=1S/C24H18F2N2O2/c1-14-10-11-18(15(2)12-14)21-22(27-17-7-5-6-16(25)13-17)24(30)28(23(21)29)20-9-4-3-8-19(20)26/h3-13,27H,1-2H3. The first-order chi connectivity index (χ1) is 14.4. The molecule has 3 aromatic rings. The third kappa shape index (κ3) is 3.37. The Morgan fingerprint density at radius 2 is 1.60 bits per heavy atom. The Bertz CT molecular complexity index is 1220. The number of hydrogen-bond acceptors (Lipinski definition) is 3. The van der Waals surface area contributed by atoms with Crippen molar-refractivity contribution in [3.63, 3.8) is 0 Å². The molecule has 3 aromatic carbocycles. The van der Waals surface area contributed by atoms with Gasteiger partial charge in [0.1, 0.15) is 17.3 Å². The number of aryl methyl sites for hydroxylation is 2. The van der Waals surface area contributed by atoms with Crippen LogP contribution in [0.5, 0.6) is 0 Å². The monoisotopic (exact) mass is 404 g/mol. The molecule has 4 rings (SSSR count). The van der Waals surface area contributed by atoms with E-state index in [0.29, 0.717) is 11.3 Å². The third-order valence-electron chi connectivity index (χ3n) is 4.92. The number of amides is 2. The fourth-order valence-electron chi connectivity index (χ4n) is 3.55. The third-order valence-corrected chi connectivity index (χ3v) is 4.92. The molecule has 0 fully saturated rings. The molecule has 0 aromatic heterocycles. The van der Waals surface area contributed by atoms with Gasteiger partial charge in [0.15, 0.2) is 0 Å². The topological polar surface area (TPSA) is 49.4 Å². The zero-order valence-corrected chi connectivity index (χ0v) is 16.4. The summed E-state index contributed by atoms with van der Waals surface area (Å²) in [6, 6.07) is 16.6. The second-order valence-corrected chi connectivity index (χ2v) is 7.10. The van der Waals surface area contributed by atoms with Gasteiger partial charge in [-0.1, -0.05) is 42.0 Å².